The third-order valence-electron chi connectivity index (χ3n) is 2.91. The summed E-state index contributed by atoms with van der Waals surface area (Å²) in [6.07, 6.45) is -2.64. The Labute approximate surface area is 125 Å². The molecule has 21 heavy (non-hydrogen) atoms. The molecule has 6 heteroatoms. The van der Waals surface area contributed by atoms with Crippen LogP contribution < -0.4 is 10.3 Å². The van der Waals surface area contributed by atoms with Gasteiger partial charge in [-0.2, -0.15) is 0 Å². The lowest BCUT2D eigenvalue weighted by atomic mass is 10.1. The lowest BCUT2D eigenvalue weighted by Gasteiger charge is -2.13. The van der Waals surface area contributed by atoms with Crippen LogP contribution in [0.25, 0.3) is 11.3 Å². The summed E-state index contributed by atoms with van der Waals surface area (Å²) in [6, 6.07) is 9.86. The largest absolute Gasteiger partial charge is 0.494 e. The van der Waals surface area contributed by atoms with Crippen LogP contribution in [0, 0.1) is 0 Å². The fraction of sp³-hybridized carbons (Fsp3) is 0.267. The summed E-state index contributed by atoms with van der Waals surface area (Å²) < 4.78 is 31.7. The van der Waals surface area contributed by atoms with Gasteiger partial charge in [-0.05, 0) is 48.9 Å². The van der Waals surface area contributed by atoms with Crippen LogP contribution in [0.2, 0.25) is 5.02 Å². The van der Waals surface area contributed by atoms with Crippen LogP contribution in [0.15, 0.2) is 41.2 Å². The van der Waals surface area contributed by atoms with Gasteiger partial charge in [-0.25, -0.2) is 8.78 Å². The highest BCUT2D eigenvalue weighted by Crippen LogP contribution is 2.23. The number of nitrogens with zero attached hydrogens (tertiary/aromatic N) is 1. The number of hydrogen-bond acceptors (Lipinski definition) is 2. The molecule has 3 nitrogen and oxygen atoms in total. The monoisotopic (exact) mass is 313 g/mol. The lowest BCUT2D eigenvalue weighted by Crippen LogP contribution is -2.25. The Kier molecular flexibility index (Phi) is 4.96. The molecule has 2 aromatic rings. The molecule has 0 atom stereocenters. The first-order chi connectivity index (χ1) is 10.0. The number of hydrogen-bond donors (Lipinski definition) is 0. The number of halogens is 3. The van der Waals surface area contributed by atoms with E-state index < -0.39 is 18.5 Å². The van der Waals surface area contributed by atoms with Gasteiger partial charge in [0, 0.05) is 0 Å². The van der Waals surface area contributed by atoms with E-state index in [2.05, 4.69) is 0 Å². The Morgan fingerprint density at radius 2 is 1.86 bits per heavy atom. The molecule has 0 aliphatic carbocycles. The van der Waals surface area contributed by atoms with Crippen LogP contribution in [0.3, 0.4) is 0 Å². The van der Waals surface area contributed by atoms with E-state index >= 15 is 0 Å². The highest BCUT2D eigenvalue weighted by Gasteiger charge is 2.13. The minimum atomic E-state index is -2.64. The van der Waals surface area contributed by atoms with Crippen molar-refractivity contribution < 1.29 is 13.5 Å². The van der Waals surface area contributed by atoms with Gasteiger partial charge >= 0.3 is 0 Å². The highest BCUT2D eigenvalue weighted by atomic mass is 35.5. The van der Waals surface area contributed by atoms with Crippen LogP contribution >= 0.6 is 11.6 Å². The predicted molar refractivity (Wildman–Crippen MR) is 78.3 cm³/mol. The second kappa shape index (κ2) is 6.72. The number of benzene rings is 1. The van der Waals surface area contributed by atoms with Gasteiger partial charge in [0.1, 0.15) is 10.8 Å². The van der Waals surface area contributed by atoms with Gasteiger partial charge in [0.15, 0.2) is 0 Å². The van der Waals surface area contributed by atoms with Crippen molar-refractivity contribution in [2.45, 2.75) is 19.9 Å². The van der Waals surface area contributed by atoms with Crippen molar-refractivity contribution in [3.05, 3.63) is 51.8 Å². The molecule has 0 aliphatic rings. The molecule has 112 valence electrons. The molecule has 2 rings (SSSR count). The van der Waals surface area contributed by atoms with Gasteiger partial charge < -0.3 is 9.30 Å². The van der Waals surface area contributed by atoms with E-state index in [4.69, 9.17) is 16.3 Å². The molecule has 1 heterocycles. The topological polar surface area (TPSA) is 31.2 Å². The Morgan fingerprint density at radius 3 is 2.43 bits per heavy atom. The van der Waals surface area contributed by atoms with Crippen molar-refractivity contribution in [3.63, 3.8) is 0 Å². The Morgan fingerprint density at radius 1 is 1.19 bits per heavy atom. The number of alkyl halides is 2. The van der Waals surface area contributed by atoms with Crippen molar-refractivity contribution in [2.75, 3.05) is 6.61 Å². The van der Waals surface area contributed by atoms with Crippen molar-refractivity contribution in [1.29, 1.82) is 0 Å². The first-order valence-electron chi connectivity index (χ1n) is 6.43. The molecule has 1 aromatic carbocycles. The summed E-state index contributed by atoms with van der Waals surface area (Å²) in [6.45, 7) is 1.71. The average molecular weight is 314 g/mol. The summed E-state index contributed by atoms with van der Waals surface area (Å²) in [5.41, 5.74) is 0.420. The molecule has 0 unspecified atom stereocenters. The van der Waals surface area contributed by atoms with E-state index in [1.54, 1.807) is 30.3 Å². The smallest absolute Gasteiger partial charge is 0.269 e. The number of aromatic nitrogens is 1. The fourth-order valence-electron chi connectivity index (χ4n) is 2.01. The molecule has 0 fully saturated rings. The number of ether oxygens (including phenoxy) is 1. The number of pyridine rings is 1. The van der Waals surface area contributed by atoms with Crippen molar-refractivity contribution in [1.82, 2.24) is 4.57 Å². The third kappa shape index (κ3) is 3.61. The van der Waals surface area contributed by atoms with Gasteiger partial charge in [0.2, 0.25) is 0 Å². The van der Waals surface area contributed by atoms with E-state index in [-0.39, 0.29) is 5.02 Å². The predicted octanol–water partition coefficient (Wildman–Crippen LogP) is 3.83. The zero-order chi connectivity index (χ0) is 15.4. The van der Waals surface area contributed by atoms with Gasteiger partial charge in [0.25, 0.3) is 12.0 Å². The first-order valence-corrected chi connectivity index (χ1v) is 6.81. The van der Waals surface area contributed by atoms with Crippen LogP contribution in [-0.2, 0) is 6.54 Å². The molecule has 0 saturated carbocycles. The zero-order valence-corrected chi connectivity index (χ0v) is 12.1. The van der Waals surface area contributed by atoms with Crippen LogP contribution in [0.4, 0.5) is 8.78 Å². The zero-order valence-electron chi connectivity index (χ0n) is 11.4. The highest BCUT2D eigenvalue weighted by molar-refractivity contribution is 6.30. The SMILES string of the molecule is CCOc1ccc(-c2ccc(Cl)c(=O)n2CC(F)F)cc1. The van der Waals surface area contributed by atoms with E-state index in [1.807, 2.05) is 6.92 Å². The lowest BCUT2D eigenvalue weighted by molar-refractivity contribution is 0.126. The summed E-state index contributed by atoms with van der Waals surface area (Å²) in [4.78, 5) is 11.9. The second-order valence-electron chi connectivity index (χ2n) is 4.33. The minimum Gasteiger partial charge on any atom is -0.494 e. The van der Waals surface area contributed by atoms with Crippen LogP contribution in [-0.4, -0.2) is 17.6 Å². The molecule has 0 amide bonds. The average Bonchev–Trinajstić information content (AvgIpc) is 2.45. The van der Waals surface area contributed by atoms with Crippen molar-refractivity contribution in [3.8, 4) is 17.0 Å². The summed E-state index contributed by atoms with van der Waals surface area (Å²) in [5.74, 6) is 0.679. The van der Waals surface area contributed by atoms with Crippen molar-refractivity contribution in [2.24, 2.45) is 0 Å². The summed E-state index contributed by atoms with van der Waals surface area (Å²) in [7, 11) is 0. The van der Waals surface area contributed by atoms with Gasteiger partial charge in [-0.3, -0.25) is 4.79 Å². The van der Waals surface area contributed by atoms with Crippen LogP contribution in [0.1, 0.15) is 6.92 Å². The fourth-order valence-corrected chi connectivity index (χ4v) is 2.18. The maximum absolute atomic E-state index is 12.7. The molecule has 0 N–H and O–H groups in total. The Bertz CT molecular complexity index is 668. The van der Waals surface area contributed by atoms with E-state index in [9.17, 15) is 13.6 Å². The van der Waals surface area contributed by atoms with E-state index in [1.165, 1.54) is 6.07 Å². The quantitative estimate of drug-likeness (QED) is 0.840. The van der Waals surface area contributed by atoms with Crippen molar-refractivity contribution >= 4 is 11.6 Å². The Balaban J connectivity index is 2.47. The normalized spacial score (nSPS) is 10.9. The molecule has 0 bridgehead atoms. The standard InChI is InChI=1S/C15H14ClF2NO2/c1-2-21-11-5-3-10(4-6-11)13-8-7-12(16)15(20)19(13)9-14(17)18/h3-8,14H,2,9H2,1H3. The molecular weight excluding hydrogens is 300 g/mol. The molecule has 0 radical (unpaired) electrons. The maximum atomic E-state index is 12.7. The second-order valence-corrected chi connectivity index (χ2v) is 4.74. The summed E-state index contributed by atoms with van der Waals surface area (Å²) >= 11 is 5.72. The van der Waals surface area contributed by atoms with Gasteiger partial charge in [0.05, 0.1) is 18.8 Å². The minimum absolute atomic E-state index is 0.0784. The third-order valence-corrected chi connectivity index (χ3v) is 3.20. The molecular formula is C15H14ClF2NO2. The van der Waals surface area contributed by atoms with E-state index in [0.29, 0.717) is 23.6 Å². The van der Waals surface area contributed by atoms with Gasteiger partial charge in [-0.15, -0.1) is 0 Å². The van der Waals surface area contributed by atoms with E-state index in [0.717, 1.165) is 4.57 Å². The molecule has 0 spiro atoms. The molecule has 0 aliphatic heterocycles. The molecule has 1 aromatic heterocycles. The van der Waals surface area contributed by atoms with Gasteiger partial charge in [-0.1, -0.05) is 11.6 Å². The maximum Gasteiger partial charge on any atom is 0.269 e. The first kappa shape index (κ1) is 15.5. The Hall–Kier alpha value is -1.88. The molecule has 0 saturated heterocycles. The van der Waals surface area contributed by atoms with Crippen LogP contribution in [0.5, 0.6) is 5.75 Å². The summed E-state index contributed by atoms with van der Waals surface area (Å²) in [5, 5.41) is -0.0784. The number of rotatable bonds is 5.